The van der Waals surface area contributed by atoms with Crippen molar-refractivity contribution in [1.82, 2.24) is 5.06 Å². The highest BCUT2D eigenvalue weighted by Gasteiger charge is 2.41. The highest BCUT2D eigenvalue weighted by Crippen LogP contribution is 2.31. The number of imide groups is 1. The summed E-state index contributed by atoms with van der Waals surface area (Å²) in [6.45, 7) is 2.84. The molecule has 3 rings (SSSR count). The summed E-state index contributed by atoms with van der Waals surface area (Å²) in [7, 11) is 0. The number of carbonyl (C=O) groups excluding carboxylic acids is 3. The summed E-state index contributed by atoms with van der Waals surface area (Å²) in [6.07, 6.45) is 0.112. The van der Waals surface area contributed by atoms with Gasteiger partial charge in [-0.25, -0.2) is 4.79 Å². The Bertz CT molecular complexity index is 570. The van der Waals surface area contributed by atoms with Crippen molar-refractivity contribution in [2.24, 2.45) is 5.41 Å². The predicted octanol–water partition coefficient (Wildman–Crippen LogP) is 1.17. The summed E-state index contributed by atoms with van der Waals surface area (Å²) < 4.78 is 5.05. The summed E-state index contributed by atoms with van der Waals surface area (Å²) in [6, 6.07) is 6.37. The molecule has 20 heavy (non-hydrogen) atoms. The summed E-state index contributed by atoms with van der Waals surface area (Å²) >= 11 is 0. The molecule has 0 radical (unpaired) electrons. The minimum Gasteiger partial charge on any atom is -0.380 e. The second-order valence-electron chi connectivity index (χ2n) is 5.39. The molecule has 1 saturated heterocycles. The molecule has 2 aliphatic heterocycles. The van der Waals surface area contributed by atoms with Gasteiger partial charge in [0, 0.05) is 5.41 Å². The molecular formula is C14H13NO5. The summed E-state index contributed by atoms with van der Waals surface area (Å²) in [4.78, 5) is 40.7. The van der Waals surface area contributed by atoms with Gasteiger partial charge < -0.3 is 9.57 Å². The van der Waals surface area contributed by atoms with Crippen molar-refractivity contribution in [1.29, 1.82) is 0 Å². The quantitative estimate of drug-likeness (QED) is 0.774. The number of hydrogen-bond acceptors (Lipinski definition) is 5. The monoisotopic (exact) mass is 275 g/mol. The predicted molar refractivity (Wildman–Crippen MR) is 66.6 cm³/mol. The van der Waals surface area contributed by atoms with E-state index in [4.69, 9.17) is 9.57 Å². The first-order valence-corrected chi connectivity index (χ1v) is 6.27. The van der Waals surface area contributed by atoms with Crippen molar-refractivity contribution in [2.75, 3.05) is 13.2 Å². The minimum absolute atomic E-state index is 0.112. The first-order valence-electron chi connectivity index (χ1n) is 6.27. The van der Waals surface area contributed by atoms with Crippen LogP contribution in [-0.2, 0) is 14.4 Å². The maximum atomic E-state index is 12.0. The molecule has 1 aromatic rings. The average Bonchev–Trinajstić information content (AvgIpc) is 2.63. The van der Waals surface area contributed by atoms with E-state index in [1.807, 2.05) is 6.92 Å². The molecule has 0 aliphatic carbocycles. The van der Waals surface area contributed by atoms with E-state index in [1.54, 1.807) is 12.1 Å². The van der Waals surface area contributed by atoms with Gasteiger partial charge in [-0.05, 0) is 12.1 Å². The first kappa shape index (κ1) is 12.8. The molecule has 0 spiro atoms. The van der Waals surface area contributed by atoms with E-state index in [0.717, 1.165) is 0 Å². The molecule has 1 aromatic carbocycles. The number of nitrogens with zero attached hydrogens (tertiary/aromatic N) is 1. The van der Waals surface area contributed by atoms with E-state index < -0.39 is 17.8 Å². The Morgan fingerprint density at radius 2 is 1.80 bits per heavy atom. The molecular weight excluding hydrogens is 262 g/mol. The first-order chi connectivity index (χ1) is 9.50. The topological polar surface area (TPSA) is 72.9 Å². The normalized spacial score (nSPS) is 19.6. The van der Waals surface area contributed by atoms with Crippen molar-refractivity contribution in [2.45, 2.75) is 13.3 Å². The maximum absolute atomic E-state index is 12.0. The van der Waals surface area contributed by atoms with Gasteiger partial charge >= 0.3 is 5.97 Å². The maximum Gasteiger partial charge on any atom is 0.333 e. The van der Waals surface area contributed by atoms with Crippen LogP contribution in [0.15, 0.2) is 24.3 Å². The van der Waals surface area contributed by atoms with Crippen LogP contribution in [0.25, 0.3) is 0 Å². The average molecular weight is 275 g/mol. The number of fused-ring (bicyclic) bond motifs is 1. The second kappa shape index (κ2) is 4.42. The van der Waals surface area contributed by atoms with Gasteiger partial charge in [0.25, 0.3) is 11.8 Å². The van der Waals surface area contributed by atoms with E-state index in [9.17, 15) is 14.4 Å². The van der Waals surface area contributed by atoms with Crippen LogP contribution >= 0.6 is 0 Å². The molecule has 0 saturated carbocycles. The van der Waals surface area contributed by atoms with Gasteiger partial charge in [0.05, 0.1) is 30.8 Å². The van der Waals surface area contributed by atoms with Gasteiger partial charge in [-0.15, -0.1) is 0 Å². The van der Waals surface area contributed by atoms with Crippen LogP contribution in [0.2, 0.25) is 0 Å². The lowest BCUT2D eigenvalue weighted by molar-refractivity contribution is -0.180. The number of benzene rings is 1. The van der Waals surface area contributed by atoms with Crippen LogP contribution in [0.5, 0.6) is 0 Å². The molecule has 0 atom stereocenters. The van der Waals surface area contributed by atoms with Crippen molar-refractivity contribution >= 4 is 17.8 Å². The van der Waals surface area contributed by atoms with Crippen LogP contribution in [-0.4, -0.2) is 36.1 Å². The highest BCUT2D eigenvalue weighted by atomic mass is 16.7. The third kappa shape index (κ3) is 1.98. The van der Waals surface area contributed by atoms with E-state index in [-0.39, 0.29) is 23.0 Å². The van der Waals surface area contributed by atoms with Crippen LogP contribution in [0.1, 0.15) is 34.1 Å². The third-order valence-corrected chi connectivity index (χ3v) is 3.42. The highest BCUT2D eigenvalue weighted by molar-refractivity contribution is 6.20. The van der Waals surface area contributed by atoms with E-state index in [0.29, 0.717) is 18.3 Å². The Morgan fingerprint density at radius 3 is 2.25 bits per heavy atom. The molecule has 104 valence electrons. The van der Waals surface area contributed by atoms with E-state index in [2.05, 4.69) is 0 Å². The Kier molecular flexibility index (Phi) is 2.83. The lowest BCUT2D eigenvalue weighted by atomic mass is 9.85. The van der Waals surface area contributed by atoms with Crippen molar-refractivity contribution in [3.63, 3.8) is 0 Å². The lowest BCUT2D eigenvalue weighted by Crippen LogP contribution is -2.43. The minimum atomic E-state index is -0.606. The lowest BCUT2D eigenvalue weighted by Gasteiger charge is -2.37. The summed E-state index contributed by atoms with van der Waals surface area (Å²) in [5.74, 6) is -1.81. The molecule has 0 unspecified atom stereocenters. The zero-order valence-corrected chi connectivity index (χ0v) is 10.9. The number of rotatable bonds is 3. The number of ether oxygens (including phenoxy) is 1. The zero-order chi connectivity index (χ0) is 14.3. The molecule has 2 aliphatic rings. The van der Waals surface area contributed by atoms with Gasteiger partial charge in [0.2, 0.25) is 0 Å². The third-order valence-electron chi connectivity index (χ3n) is 3.42. The molecule has 6 nitrogen and oxygen atoms in total. The van der Waals surface area contributed by atoms with Gasteiger partial charge in [0.15, 0.2) is 0 Å². The fourth-order valence-electron chi connectivity index (χ4n) is 2.29. The number of hydroxylamine groups is 2. The molecule has 0 aromatic heterocycles. The van der Waals surface area contributed by atoms with Crippen molar-refractivity contribution < 1.29 is 24.0 Å². The van der Waals surface area contributed by atoms with Crippen LogP contribution in [0, 0.1) is 5.41 Å². The van der Waals surface area contributed by atoms with Gasteiger partial charge in [-0.3, -0.25) is 9.59 Å². The Labute approximate surface area is 115 Å². The molecule has 0 N–H and O–H groups in total. The summed E-state index contributed by atoms with van der Waals surface area (Å²) in [5.41, 5.74) is 0.238. The van der Waals surface area contributed by atoms with E-state index in [1.165, 1.54) is 12.1 Å². The van der Waals surface area contributed by atoms with Crippen molar-refractivity contribution in [3.05, 3.63) is 35.4 Å². The molecule has 0 bridgehead atoms. The van der Waals surface area contributed by atoms with Crippen LogP contribution in [0.4, 0.5) is 0 Å². The largest absolute Gasteiger partial charge is 0.380 e. The SMILES string of the molecule is CC1(CC(=O)ON2C(=O)c3ccccc3C2=O)COC1. The Hall–Kier alpha value is -2.21. The number of carbonyl (C=O) groups is 3. The zero-order valence-electron chi connectivity index (χ0n) is 10.9. The summed E-state index contributed by atoms with van der Waals surface area (Å²) in [5, 5.41) is 0.538. The number of amides is 2. The van der Waals surface area contributed by atoms with Gasteiger partial charge in [-0.1, -0.05) is 24.1 Å². The fraction of sp³-hybridized carbons (Fsp3) is 0.357. The van der Waals surface area contributed by atoms with Gasteiger partial charge in [-0.2, -0.15) is 0 Å². The number of hydrogen-bond donors (Lipinski definition) is 0. The van der Waals surface area contributed by atoms with Gasteiger partial charge in [0.1, 0.15) is 0 Å². The van der Waals surface area contributed by atoms with E-state index >= 15 is 0 Å². The fourth-order valence-corrected chi connectivity index (χ4v) is 2.29. The molecule has 2 heterocycles. The van der Waals surface area contributed by atoms with Crippen molar-refractivity contribution in [3.8, 4) is 0 Å². The molecule has 2 amide bonds. The standard InChI is InChI=1S/C14H13NO5/c1-14(7-19-8-14)6-11(16)20-15-12(17)9-4-2-3-5-10(9)13(15)18/h2-5H,6-8H2,1H3. The Balaban J connectivity index is 1.72. The molecule has 6 heteroatoms. The molecule has 1 fully saturated rings. The smallest absolute Gasteiger partial charge is 0.333 e. The second-order valence-corrected chi connectivity index (χ2v) is 5.39. The van der Waals surface area contributed by atoms with Crippen LogP contribution in [0.3, 0.4) is 0 Å². The Morgan fingerprint density at radius 1 is 1.25 bits per heavy atom. The van der Waals surface area contributed by atoms with Crippen LogP contribution < -0.4 is 0 Å².